The number of carbonyl (C=O) groups is 2. The Kier molecular flexibility index (Phi) is 2.58. The molecule has 82 valence electrons. The molecule has 0 unspecified atom stereocenters. The number of ketones is 2. The van der Waals surface area contributed by atoms with E-state index in [2.05, 4.69) is 5.32 Å². The fraction of sp³-hybridized carbons (Fsp3) is 0.167. The van der Waals surface area contributed by atoms with Gasteiger partial charge < -0.3 is 10.4 Å². The van der Waals surface area contributed by atoms with Crippen LogP contribution in [-0.2, 0) is 0 Å². The van der Waals surface area contributed by atoms with Crippen LogP contribution in [0.1, 0.15) is 20.7 Å². The summed E-state index contributed by atoms with van der Waals surface area (Å²) in [5.74, 6) is -0.671. The van der Waals surface area contributed by atoms with Gasteiger partial charge in [0.15, 0.2) is 11.6 Å². The molecule has 4 heteroatoms. The molecule has 0 aromatic heterocycles. The van der Waals surface area contributed by atoms with Crippen molar-refractivity contribution in [2.45, 2.75) is 0 Å². The number of phenolic OH excluding ortho intramolecular Hbond substituents is 1. The molecule has 1 aliphatic rings. The van der Waals surface area contributed by atoms with Gasteiger partial charge in [-0.2, -0.15) is 0 Å². The summed E-state index contributed by atoms with van der Waals surface area (Å²) in [4.78, 5) is 23.7. The van der Waals surface area contributed by atoms with Gasteiger partial charge in [0.2, 0.25) is 0 Å². The van der Waals surface area contributed by atoms with E-state index in [1.54, 1.807) is 19.2 Å². The van der Waals surface area contributed by atoms with Crippen molar-refractivity contribution in [3.05, 3.63) is 41.0 Å². The third-order valence-electron chi connectivity index (χ3n) is 2.50. The zero-order chi connectivity index (χ0) is 11.7. The Morgan fingerprint density at radius 1 is 1.31 bits per heavy atom. The number of hydrogen-bond acceptors (Lipinski definition) is 4. The van der Waals surface area contributed by atoms with Crippen molar-refractivity contribution in [3.63, 3.8) is 0 Å². The molecule has 1 aromatic carbocycles. The number of Topliss-reactive ketones (excluding diaryl/α,β-unsaturated/α-hetero) is 1. The van der Waals surface area contributed by atoms with Crippen LogP contribution in [0.2, 0.25) is 0 Å². The Balaban J connectivity index is 2.57. The van der Waals surface area contributed by atoms with Crippen molar-refractivity contribution < 1.29 is 14.7 Å². The summed E-state index contributed by atoms with van der Waals surface area (Å²) in [6.07, 6.45) is 1.32. The number of benzene rings is 1. The van der Waals surface area contributed by atoms with Gasteiger partial charge in [0.1, 0.15) is 5.75 Å². The number of aromatic hydroxyl groups is 1. The number of nitrogens with one attached hydrogen (secondary N) is 1. The molecule has 0 spiro atoms. The zero-order valence-electron chi connectivity index (χ0n) is 8.78. The molecule has 0 heterocycles. The third-order valence-corrected chi connectivity index (χ3v) is 2.50. The van der Waals surface area contributed by atoms with E-state index in [1.165, 1.54) is 12.1 Å². The Hall–Kier alpha value is -1.94. The maximum Gasteiger partial charge on any atom is 0.194 e. The number of carbonyl (C=O) groups excluding carboxylic acids is 2. The molecular weight excluding hydrogens is 206 g/mol. The molecule has 1 aliphatic carbocycles. The highest BCUT2D eigenvalue weighted by molar-refractivity contribution is 6.25. The van der Waals surface area contributed by atoms with Gasteiger partial charge in [0, 0.05) is 17.7 Å². The number of fused-ring (bicyclic) bond motifs is 1. The molecule has 0 aliphatic heterocycles. The third kappa shape index (κ3) is 1.53. The fourth-order valence-corrected chi connectivity index (χ4v) is 1.77. The smallest absolute Gasteiger partial charge is 0.194 e. The zero-order valence-corrected chi connectivity index (χ0v) is 8.78. The summed E-state index contributed by atoms with van der Waals surface area (Å²) >= 11 is 0. The molecule has 16 heavy (non-hydrogen) atoms. The molecule has 0 amide bonds. The average molecular weight is 217 g/mol. The minimum atomic E-state index is -0.290. The van der Waals surface area contributed by atoms with Crippen LogP contribution in [0, 0.1) is 0 Å². The fourth-order valence-electron chi connectivity index (χ4n) is 1.77. The highest BCUT2D eigenvalue weighted by Crippen LogP contribution is 2.28. The molecule has 0 saturated heterocycles. The lowest BCUT2D eigenvalue weighted by molar-refractivity contribution is 0.0980. The maximum atomic E-state index is 12.0. The first-order chi connectivity index (χ1) is 7.65. The van der Waals surface area contributed by atoms with Crippen molar-refractivity contribution in [3.8, 4) is 5.75 Å². The second-order valence-corrected chi connectivity index (χ2v) is 3.59. The van der Waals surface area contributed by atoms with Crippen molar-refractivity contribution in [2.75, 3.05) is 13.6 Å². The summed E-state index contributed by atoms with van der Waals surface area (Å²) < 4.78 is 0. The standard InChI is InChI=1S/C12H11NO3/c1-13-6-7-5-10(15)8-3-2-4-9(14)11(8)12(7)16/h2-5,13-14H,6H2,1H3. The molecule has 2 rings (SSSR count). The first-order valence-corrected chi connectivity index (χ1v) is 4.91. The molecule has 0 fully saturated rings. The minimum absolute atomic E-state index is 0.111. The van der Waals surface area contributed by atoms with E-state index in [4.69, 9.17) is 0 Å². The topological polar surface area (TPSA) is 66.4 Å². The van der Waals surface area contributed by atoms with E-state index in [-0.39, 0.29) is 28.4 Å². The van der Waals surface area contributed by atoms with Gasteiger partial charge in [0.05, 0.1) is 5.56 Å². The second kappa shape index (κ2) is 3.90. The molecule has 0 bridgehead atoms. The van der Waals surface area contributed by atoms with Gasteiger partial charge in [-0.25, -0.2) is 0 Å². The summed E-state index contributed by atoms with van der Waals surface area (Å²) in [5, 5.41) is 12.4. The average Bonchev–Trinajstić information content (AvgIpc) is 2.25. The highest BCUT2D eigenvalue weighted by Gasteiger charge is 2.27. The second-order valence-electron chi connectivity index (χ2n) is 3.59. The quantitative estimate of drug-likeness (QED) is 0.773. The molecule has 4 nitrogen and oxygen atoms in total. The van der Waals surface area contributed by atoms with Crippen LogP contribution >= 0.6 is 0 Å². The number of allylic oxidation sites excluding steroid dienone is 1. The van der Waals surface area contributed by atoms with E-state index in [9.17, 15) is 14.7 Å². The monoisotopic (exact) mass is 217 g/mol. The lowest BCUT2D eigenvalue weighted by Crippen LogP contribution is -2.23. The van der Waals surface area contributed by atoms with E-state index in [0.29, 0.717) is 12.1 Å². The van der Waals surface area contributed by atoms with Crippen molar-refractivity contribution in [1.29, 1.82) is 0 Å². The van der Waals surface area contributed by atoms with Crippen LogP contribution < -0.4 is 5.32 Å². The van der Waals surface area contributed by atoms with E-state index in [1.807, 2.05) is 0 Å². The Morgan fingerprint density at radius 3 is 2.75 bits per heavy atom. The van der Waals surface area contributed by atoms with E-state index >= 15 is 0 Å². The summed E-state index contributed by atoms with van der Waals surface area (Å²) in [6.45, 7) is 0.318. The molecular formula is C12H11NO3. The van der Waals surface area contributed by atoms with Gasteiger partial charge in [-0.15, -0.1) is 0 Å². The van der Waals surface area contributed by atoms with Gasteiger partial charge in [-0.1, -0.05) is 12.1 Å². The normalized spacial score (nSPS) is 14.7. The summed E-state index contributed by atoms with van der Waals surface area (Å²) in [7, 11) is 1.69. The van der Waals surface area contributed by atoms with Gasteiger partial charge in [-0.05, 0) is 19.2 Å². The molecule has 0 saturated carbocycles. The largest absolute Gasteiger partial charge is 0.507 e. The molecule has 2 N–H and O–H groups in total. The number of rotatable bonds is 2. The summed E-state index contributed by atoms with van der Waals surface area (Å²) in [5.41, 5.74) is 0.756. The Bertz CT molecular complexity index is 503. The van der Waals surface area contributed by atoms with Crippen LogP contribution in [0.3, 0.4) is 0 Å². The Morgan fingerprint density at radius 2 is 2.06 bits per heavy atom. The van der Waals surface area contributed by atoms with Crippen molar-refractivity contribution in [2.24, 2.45) is 0 Å². The number of hydrogen-bond donors (Lipinski definition) is 2. The number of likely N-dealkylation sites (N-methyl/N-ethyl adjacent to an activating group) is 1. The maximum absolute atomic E-state index is 12.0. The summed E-state index contributed by atoms with van der Waals surface area (Å²) in [6, 6.07) is 4.50. The van der Waals surface area contributed by atoms with E-state index < -0.39 is 0 Å². The predicted molar refractivity (Wildman–Crippen MR) is 58.8 cm³/mol. The first-order valence-electron chi connectivity index (χ1n) is 4.91. The molecule has 0 radical (unpaired) electrons. The van der Waals surface area contributed by atoms with Crippen LogP contribution in [0.25, 0.3) is 0 Å². The van der Waals surface area contributed by atoms with Crippen molar-refractivity contribution in [1.82, 2.24) is 5.32 Å². The highest BCUT2D eigenvalue weighted by atomic mass is 16.3. The van der Waals surface area contributed by atoms with Crippen LogP contribution in [-0.4, -0.2) is 30.3 Å². The Labute approximate surface area is 92.6 Å². The van der Waals surface area contributed by atoms with Crippen LogP contribution in [0.5, 0.6) is 5.75 Å². The minimum Gasteiger partial charge on any atom is -0.507 e. The van der Waals surface area contributed by atoms with Crippen molar-refractivity contribution >= 4 is 11.6 Å². The SMILES string of the molecule is CNCC1=CC(=O)c2cccc(O)c2C1=O. The van der Waals surface area contributed by atoms with E-state index in [0.717, 1.165) is 0 Å². The molecule has 1 aromatic rings. The predicted octanol–water partition coefficient (Wildman–Crippen LogP) is 0.917. The van der Waals surface area contributed by atoms with Crippen LogP contribution in [0.15, 0.2) is 29.8 Å². The van der Waals surface area contributed by atoms with Gasteiger partial charge >= 0.3 is 0 Å². The first kappa shape index (κ1) is 10.6. The van der Waals surface area contributed by atoms with Gasteiger partial charge in [-0.3, -0.25) is 9.59 Å². The number of phenols is 1. The van der Waals surface area contributed by atoms with Crippen LogP contribution in [0.4, 0.5) is 0 Å². The van der Waals surface area contributed by atoms with Gasteiger partial charge in [0.25, 0.3) is 0 Å². The lowest BCUT2D eigenvalue weighted by atomic mass is 9.89. The lowest BCUT2D eigenvalue weighted by Gasteiger charge is -2.15. The molecule has 0 atom stereocenters.